The van der Waals surface area contributed by atoms with Crippen molar-refractivity contribution in [3.63, 3.8) is 0 Å². The van der Waals surface area contributed by atoms with Crippen LogP contribution >= 0.6 is 11.3 Å². The molecule has 2 heterocycles. The Labute approximate surface area is 148 Å². The zero-order valence-electron chi connectivity index (χ0n) is 13.7. The van der Waals surface area contributed by atoms with E-state index in [9.17, 15) is 22.8 Å². The van der Waals surface area contributed by atoms with E-state index < -0.39 is 28.4 Å². The number of rotatable bonds is 6. The number of sulfonamides is 1. The molecule has 2 aromatic rings. The number of hydrogen-bond acceptors (Lipinski definition) is 7. The Hall–Kier alpha value is -2.30. The number of nitrogens with two attached hydrogens (primary N) is 1. The lowest BCUT2D eigenvalue weighted by Gasteiger charge is -2.03. The number of Topliss-reactive ketones (excluding diaryl/α,β-unsaturated/α-hetero) is 2. The molecule has 0 spiro atoms. The Morgan fingerprint density at radius 2 is 1.92 bits per heavy atom. The second-order valence-corrected chi connectivity index (χ2v) is 8.08. The number of hydrogen-bond donors (Lipinski definition) is 2. The lowest BCUT2D eigenvalue weighted by Crippen LogP contribution is -2.15. The molecule has 0 aliphatic heterocycles. The first kappa shape index (κ1) is 19.0. The first-order chi connectivity index (χ1) is 11.5. The van der Waals surface area contributed by atoms with E-state index in [1.807, 2.05) is 0 Å². The molecule has 0 saturated carbocycles. The van der Waals surface area contributed by atoms with Gasteiger partial charge in [0.25, 0.3) is 0 Å². The number of ether oxygens (including phenoxy) is 1. The maximum atomic E-state index is 12.2. The number of carbonyl (C=O) groups is 3. The van der Waals surface area contributed by atoms with Gasteiger partial charge in [-0.15, -0.1) is 11.3 Å². The van der Waals surface area contributed by atoms with Crippen LogP contribution in [0.3, 0.4) is 0 Å². The second kappa shape index (κ2) is 6.90. The average Bonchev–Trinajstić information content (AvgIpc) is 3.09. The van der Waals surface area contributed by atoms with E-state index in [-0.39, 0.29) is 21.2 Å². The van der Waals surface area contributed by atoms with Crippen molar-refractivity contribution in [1.82, 2.24) is 4.98 Å². The average molecular weight is 384 g/mol. The van der Waals surface area contributed by atoms with Crippen molar-refractivity contribution in [2.75, 3.05) is 6.61 Å². The highest BCUT2D eigenvalue weighted by atomic mass is 32.2. The summed E-state index contributed by atoms with van der Waals surface area (Å²) in [7, 11) is -3.90. The summed E-state index contributed by atoms with van der Waals surface area (Å²) in [6, 6.07) is 1.09. The molecule has 0 radical (unpaired) electrons. The van der Waals surface area contributed by atoms with Crippen molar-refractivity contribution in [1.29, 1.82) is 0 Å². The molecular weight excluding hydrogens is 368 g/mol. The predicted molar refractivity (Wildman–Crippen MR) is 90.6 cm³/mol. The van der Waals surface area contributed by atoms with Crippen LogP contribution in [-0.2, 0) is 14.8 Å². The summed E-state index contributed by atoms with van der Waals surface area (Å²) in [6.45, 7) is 4.16. The van der Waals surface area contributed by atoms with Gasteiger partial charge in [0.2, 0.25) is 15.8 Å². The van der Waals surface area contributed by atoms with Gasteiger partial charge in [0.15, 0.2) is 12.4 Å². The van der Waals surface area contributed by atoms with E-state index in [1.54, 1.807) is 13.8 Å². The van der Waals surface area contributed by atoms with Crippen LogP contribution in [0.25, 0.3) is 0 Å². The van der Waals surface area contributed by atoms with Crippen LogP contribution in [-0.4, -0.2) is 37.5 Å². The number of thiophene rings is 1. The predicted octanol–water partition coefficient (Wildman–Crippen LogP) is 1.58. The molecule has 0 fully saturated rings. The molecule has 0 bridgehead atoms. The molecule has 0 aromatic carbocycles. The highest BCUT2D eigenvalue weighted by molar-refractivity contribution is 7.91. The third-order valence-electron chi connectivity index (χ3n) is 3.49. The number of nitrogens with one attached hydrogen (secondary N) is 1. The van der Waals surface area contributed by atoms with Gasteiger partial charge in [-0.25, -0.2) is 18.4 Å². The number of esters is 1. The van der Waals surface area contributed by atoms with Crippen LogP contribution in [0.15, 0.2) is 15.7 Å². The molecule has 0 unspecified atom stereocenters. The molecule has 25 heavy (non-hydrogen) atoms. The molecule has 0 aliphatic rings. The molecule has 8 nitrogen and oxygen atoms in total. The Balaban J connectivity index is 2.10. The lowest BCUT2D eigenvalue weighted by atomic mass is 10.1. The van der Waals surface area contributed by atoms with Crippen LogP contribution in [0.1, 0.15) is 49.4 Å². The highest BCUT2D eigenvalue weighted by Gasteiger charge is 2.22. The molecular formula is C15H16N2O6S2. The smallest absolute Gasteiger partial charge is 0.339 e. The number of carbonyl (C=O) groups excluding carboxylic acids is 3. The molecule has 2 aromatic heterocycles. The third kappa shape index (κ3) is 4.03. The van der Waals surface area contributed by atoms with Crippen molar-refractivity contribution in [3.05, 3.63) is 39.5 Å². The Kier molecular flexibility index (Phi) is 5.26. The molecule has 0 saturated heterocycles. The van der Waals surface area contributed by atoms with E-state index in [0.717, 1.165) is 17.4 Å². The van der Waals surface area contributed by atoms with E-state index >= 15 is 0 Å². The van der Waals surface area contributed by atoms with Crippen LogP contribution in [0.4, 0.5) is 0 Å². The van der Waals surface area contributed by atoms with Crippen LogP contribution in [0.2, 0.25) is 0 Å². The molecule has 0 aliphatic carbocycles. The Morgan fingerprint density at radius 3 is 2.40 bits per heavy atom. The van der Waals surface area contributed by atoms with Gasteiger partial charge in [0.1, 0.15) is 4.21 Å². The summed E-state index contributed by atoms with van der Waals surface area (Å²) in [6.07, 6.45) is 0. The number of H-pyrrole nitrogens is 1. The minimum atomic E-state index is -3.90. The van der Waals surface area contributed by atoms with Gasteiger partial charge in [-0.05, 0) is 32.4 Å². The van der Waals surface area contributed by atoms with Gasteiger partial charge in [-0.3, -0.25) is 9.59 Å². The summed E-state index contributed by atoms with van der Waals surface area (Å²) in [4.78, 5) is 38.5. The fraction of sp³-hybridized carbons (Fsp3) is 0.267. The van der Waals surface area contributed by atoms with Crippen molar-refractivity contribution in [2.24, 2.45) is 5.14 Å². The largest absolute Gasteiger partial charge is 0.454 e. The summed E-state index contributed by atoms with van der Waals surface area (Å²) in [5.41, 5.74) is 1.69. The fourth-order valence-corrected chi connectivity index (χ4v) is 3.99. The minimum Gasteiger partial charge on any atom is -0.454 e. The van der Waals surface area contributed by atoms with Crippen molar-refractivity contribution in [3.8, 4) is 0 Å². The summed E-state index contributed by atoms with van der Waals surface area (Å²) < 4.78 is 27.1. The molecule has 10 heteroatoms. The first-order valence-corrected chi connectivity index (χ1v) is 9.46. The van der Waals surface area contributed by atoms with Gasteiger partial charge in [0.05, 0.1) is 11.3 Å². The van der Waals surface area contributed by atoms with E-state index in [0.29, 0.717) is 16.8 Å². The quantitative estimate of drug-likeness (QED) is 0.573. The maximum Gasteiger partial charge on any atom is 0.339 e. The summed E-state index contributed by atoms with van der Waals surface area (Å²) in [5.74, 6) is -1.51. The zero-order chi connectivity index (χ0) is 18.9. The molecule has 3 N–H and O–H groups in total. The second-order valence-electron chi connectivity index (χ2n) is 5.38. The van der Waals surface area contributed by atoms with Gasteiger partial charge in [-0.2, -0.15) is 0 Å². The molecule has 134 valence electrons. The number of primary sulfonamides is 1. The van der Waals surface area contributed by atoms with Crippen LogP contribution in [0, 0.1) is 13.8 Å². The summed E-state index contributed by atoms with van der Waals surface area (Å²) >= 11 is 0.784. The number of aryl methyl sites for hydroxylation is 1. The molecule has 0 atom stereocenters. The number of ketones is 2. The van der Waals surface area contributed by atoms with E-state index in [2.05, 4.69) is 4.98 Å². The maximum absolute atomic E-state index is 12.2. The molecule has 2 rings (SSSR count). The SMILES string of the molecule is CC(=O)c1c(C)[nH]c(C(=O)COC(=O)c2csc(S(N)(=O)=O)c2)c1C. The van der Waals surface area contributed by atoms with Crippen molar-refractivity contribution < 1.29 is 27.5 Å². The van der Waals surface area contributed by atoms with Crippen molar-refractivity contribution in [2.45, 2.75) is 25.0 Å². The zero-order valence-corrected chi connectivity index (χ0v) is 15.3. The van der Waals surface area contributed by atoms with Crippen LogP contribution < -0.4 is 5.14 Å². The third-order valence-corrected chi connectivity index (χ3v) is 5.88. The van der Waals surface area contributed by atoms with Crippen LogP contribution in [0.5, 0.6) is 0 Å². The van der Waals surface area contributed by atoms with Gasteiger partial charge < -0.3 is 9.72 Å². The number of aromatic amines is 1. The first-order valence-electron chi connectivity index (χ1n) is 7.04. The minimum absolute atomic E-state index is 0.00867. The van der Waals surface area contributed by atoms with E-state index in [4.69, 9.17) is 9.88 Å². The fourth-order valence-electron chi connectivity index (χ4n) is 2.42. The van der Waals surface area contributed by atoms with Gasteiger partial charge in [0, 0.05) is 16.6 Å². The number of aromatic nitrogens is 1. The summed E-state index contributed by atoms with van der Waals surface area (Å²) in [5, 5.41) is 6.25. The monoisotopic (exact) mass is 384 g/mol. The highest BCUT2D eigenvalue weighted by Crippen LogP contribution is 2.21. The molecule has 0 amide bonds. The van der Waals surface area contributed by atoms with Gasteiger partial charge >= 0.3 is 5.97 Å². The van der Waals surface area contributed by atoms with Gasteiger partial charge in [-0.1, -0.05) is 0 Å². The van der Waals surface area contributed by atoms with E-state index in [1.165, 1.54) is 12.3 Å². The lowest BCUT2D eigenvalue weighted by molar-refractivity contribution is 0.0473. The topological polar surface area (TPSA) is 136 Å². The Morgan fingerprint density at radius 1 is 1.28 bits per heavy atom. The van der Waals surface area contributed by atoms with Crippen molar-refractivity contribution >= 4 is 38.9 Å². The Bertz CT molecular complexity index is 968. The normalized spacial score (nSPS) is 11.4. The standard InChI is InChI=1S/C15H16N2O6S2/c1-7-13(9(3)18)8(2)17-14(7)11(19)5-23-15(20)10-4-12(24-6-10)25(16,21)22/h4,6,17H,5H2,1-3H3,(H2,16,21,22).